The molecule has 2 saturated heterocycles. The average molecular weight is 298 g/mol. The van der Waals surface area contributed by atoms with Gasteiger partial charge in [-0.1, -0.05) is 0 Å². The van der Waals surface area contributed by atoms with Gasteiger partial charge in [0.1, 0.15) is 18.0 Å². The van der Waals surface area contributed by atoms with Gasteiger partial charge < -0.3 is 9.47 Å². The highest BCUT2D eigenvalue weighted by molar-refractivity contribution is 5.37. The van der Waals surface area contributed by atoms with Crippen molar-refractivity contribution in [3.63, 3.8) is 0 Å². The van der Waals surface area contributed by atoms with Gasteiger partial charge >= 0.3 is 5.69 Å². The van der Waals surface area contributed by atoms with Crippen LogP contribution in [0.1, 0.15) is 20.8 Å². The van der Waals surface area contributed by atoms with Crippen molar-refractivity contribution < 1.29 is 19.2 Å². The standard InChI is InChI=1S/C7H8N4O3.C5H10O2/c12-11(13)6-3-8-10(4-6)7-5-9(7)1-2-14-7;1-5(2,3)7-4-6/h3-4H,1-2,5H2;4H,1-3H3. The Labute approximate surface area is 121 Å². The number of hydrogen-bond acceptors (Lipinski definition) is 7. The molecular formula is C12H18N4O5. The largest absolute Gasteiger partial charge is 0.462 e. The number of fused-ring (bicyclic) bond motifs is 1. The Kier molecular flexibility index (Phi) is 3.97. The van der Waals surface area contributed by atoms with Gasteiger partial charge in [-0.25, -0.2) is 9.58 Å². The van der Waals surface area contributed by atoms with E-state index in [0.29, 0.717) is 13.1 Å². The Morgan fingerprint density at radius 3 is 2.62 bits per heavy atom. The summed E-state index contributed by atoms with van der Waals surface area (Å²) < 4.78 is 11.6. The number of rotatable bonds is 3. The fourth-order valence-electron chi connectivity index (χ4n) is 1.95. The second kappa shape index (κ2) is 5.41. The number of carbonyl (C=O) groups excluding carboxylic acids is 1. The van der Waals surface area contributed by atoms with Gasteiger partial charge in [0.25, 0.3) is 6.47 Å². The zero-order valence-electron chi connectivity index (χ0n) is 12.2. The number of hydrogen-bond donors (Lipinski definition) is 0. The fraction of sp³-hybridized carbons (Fsp3) is 0.667. The smallest absolute Gasteiger partial charge is 0.307 e. The van der Waals surface area contributed by atoms with Gasteiger partial charge in [-0.2, -0.15) is 5.10 Å². The Bertz CT molecular complexity index is 538. The number of morpholine rings is 1. The predicted octanol–water partition coefficient (Wildman–Crippen LogP) is 0.705. The van der Waals surface area contributed by atoms with E-state index < -0.39 is 10.8 Å². The molecule has 1 aromatic heterocycles. The van der Waals surface area contributed by atoms with Crippen molar-refractivity contribution >= 4 is 12.2 Å². The lowest BCUT2D eigenvalue weighted by atomic mass is 10.2. The highest BCUT2D eigenvalue weighted by Gasteiger charge is 2.60. The number of carbonyl (C=O) groups is 1. The first-order valence-corrected chi connectivity index (χ1v) is 6.48. The Morgan fingerprint density at radius 1 is 1.57 bits per heavy atom. The van der Waals surface area contributed by atoms with E-state index in [4.69, 9.17) is 4.74 Å². The van der Waals surface area contributed by atoms with Gasteiger partial charge in [0.2, 0.25) is 5.85 Å². The summed E-state index contributed by atoms with van der Waals surface area (Å²) in [5, 5.41) is 14.4. The van der Waals surface area contributed by atoms with Crippen LogP contribution in [0.5, 0.6) is 0 Å². The van der Waals surface area contributed by atoms with Crippen molar-refractivity contribution in [3.05, 3.63) is 22.5 Å². The molecule has 2 unspecified atom stereocenters. The van der Waals surface area contributed by atoms with Gasteiger partial charge in [-0.3, -0.25) is 14.9 Å². The Balaban J connectivity index is 0.000000199. The van der Waals surface area contributed by atoms with Crippen LogP contribution >= 0.6 is 0 Å². The molecule has 0 aromatic carbocycles. The van der Waals surface area contributed by atoms with Gasteiger partial charge in [0.15, 0.2) is 0 Å². The molecule has 21 heavy (non-hydrogen) atoms. The maximum absolute atomic E-state index is 10.4. The summed E-state index contributed by atoms with van der Waals surface area (Å²) in [6.45, 7) is 8.22. The lowest BCUT2D eigenvalue weighted by molar-refractivity contribution is -0.385. The van der Waals surface area contributed by atoms with E-state index in [1.54, 1.807) is 0 Å². The molecular weight excluding hydrogens is 280 g/mol. The summed E-state index contributed by atoms with van der Waals surface area (Å²) in [7, 11) is 0. The third-order valence-electron chi connectivity index (χ3n) is 3.02. The van der Waals surface area contributed by atoms with E-state index in [0.717, 1.165) is 13.1 Å². The third kappa shape index (κ3) is 3.37. The van der Waals surface area contributed by atoms with Crippen LogP contribution < -0.4 is 0 Å². The molecule has 0 amide bonds. The van der Waals surface area contributed by atoms with Crippen LogP contribution in [-0.2, 0) is 20.1 Å². The maximum atomic E-state index is 10.4. The molecule has 0 radical (unpaired) electrons. The minimum absolute atomic E-state index is 0.00160. The molecule has 0 aliphatic carbocycles. The van der Waals surface area contributed by atoms with Crippen LogP contribution in [0.3, 0.4) is 0 Å². The van der Waals surface area contributed by atoms with E-state index in [2.05, 4.69) is 14.7 Å². The molecule has 2 aliphatic heterocycles. The van der Waals surface area contributed by atoms with Crippen LogP contribution in [0.25, 0.3) is 0 Å². The van der Waals surface area contributed by atoms with Crippen LogP contribution in [0.2, 0.25) is 0 Å². The molecule has 9 heteroatoms. The van der Waals surface area contributed by atoms with E-state index in [9.17, 15) is 14.9 Å². The minimum atomic E-state index is -0.506. The average Bonchev–Trinajstić information content (AvgIpc) is 2.81. The third-order valence-corrected chi connectivity index (χ3v) is 3.02. The van der Waals surface area contributed by atoms with Crippen LogP contribution in [0, 0.1) is 10.1 Å². The van der Waals surface area contributed by atoms with E-state index in [1.165, 1.54) is 17.1 Å². The first-order chi connectivity index (χ1) is 9.78. The van der Waals surface area contributed by atoms with Crippen molar-refractivity contribution in [1.82, 2.24) is 14.7 Å². The maximum Gasteiger partial charge on any atom is 0.307 e. The molecule has 1 aromatic rings. The van der Waals surface area contributed by atoms with E-state index in [-0.39, 0.29) is 11.3 Å². The number of nitro groups is 1. The summed E-state index contributed by atoms with van der Waals surface area (Å²) >= 11 is 0. The molecule has 0 spiro atoms. The molecule has 0 bridgehead atoms. The Morgan fingerprint density at radius 2 is 2.29 bits per heavy atom. The molecule has 116 valence electrons. The lowest BCUT2D eigenvalue weighted by Crippen LogP contribution is -2.22. The zero-order valence-corrected chi connectivity index (χ0v) is 12.2. The molecule has 2 aliphatic rings. The molecule has 9 nitrogen and oxygen atoms in total. The van der Waals surface area contributed by atoms with Gasteiger partial charge in [-0.15, -0.1) is 0 Å². The SMILES string of the molecule is CC(C)(C)OC=O.O=[N+]([O-])c1cnn(C23CN2CCO3)c1. The van der Waals surface area contributed by atoms with Crippen molar-refractivity contribution in [2.75, 3.05) is 19.7 Å². The van der Waals surface area contributed by atoms with Crippen molar-refractivity contribution in [2.24, 2.45) is 0 Å². The first kappa shape index (κ1) is 15.4. The second-order valence-corrected chi connectivity index (χ2v) is 5.74. The van der Waals surface area contributed by atoms with Crippen LogP contribution in [0.15, 0.2) is 12.4 Å². The monoisotopic (exact) mass is 298 g/mol. The normalized spacial score (nSPS) is 26.3. The van der Waals surface area contributed by atoms with Crippen molar-refractivity contribution in [3.8, 4) is 0 Å². The quantitative estimate of drug-likeness (QED) is 0.350. The second-order valence-electron chi connectivity index (χ2n) is 5.74. The van der Waals surface area contributed by atoms with Gasteiger partial charge in [0.05, 0.1) is 18.1 Å². The fourth-order valence-corrected chi connectivity index (χ4v) is 1.95. The van der Waals surface area contributed by atoms with Gasteiger partial charge in [-0.05, 0) is 20.8 Å². The number of nitrogens with zero attached hydrogens (tertiary/aromatic N) is 4. The van der Waals surface area contributed by atoms with E-state index >= 15 is 0 Å². The summed E-state index contributed by atoms with van der Waals surface area (Å²) in [6, 6.07) is 0. The van der Waals surface area contributed by atoms with Crippen LogP contribution in [-0.4, -0.2) is 51.4 Å². The summed E-state index contributed by atoms with van der Waals surface area (Å²) in [4.78, 5) is 21.7. The molecule has 2 fully saturated rings. The lowest BCUT2D eigenvalue weighted by Gasteiger charge is -2.14. The summed E-state index contributed by atoms with van der Waals surface area (Å²) in [5.74, 6) is -0.506. The highest BCUT2D eigenvalue weighted by Crippen LogP contribution is 2.42. The Hall–Kier alpha value is -2.00. The molecule has 3 rings (SSSR count). The summed E-state index contributed by atoms with van der Waals surface area (Å²) in [6.07, 6.45) is 2.65. The number of aromatic nitrogens is 2. The van der Waals surface area contributed by atoms with Gasteiger partial charge in [0, 0.05) is 6.54 Å². The van der Waals surface area contributed by atoms with Crippen LogP contribution in [0.4, 0.5) is 5.69 Å². The minimum Gasteiger partial charge on any atom is -0.462 e. The zero-order chi connectivity index (χ0) is 15.7. The van der Waals surface area contributed by atoms with Crippen molar-refractivity contribution in [2.45, 2.75) is 32.2 Å². The molecule has 3 heterocycles. The summed E-state index contributed by atoms with van der Waals surface area (Å²) in [5.41, 5.74) is -0.316. The predicted molar refractivity (Wildman–Crippen MR) is 71.3 cm³/mol. The topological polar surface area (TPSA) is 99.5 Å². The molecule has 0 saturated carbocycles. The first-order valence-electron chi connectivity index (χ1n) is 6.48. The molecule has 2 atom stereocenters. The van der Waals surface area contributed by atoms with Crippen molar-refractivity contribution in [1.29, 1.82) is 0 Å². The number of ether oxygens (including phenoxy) is 2. The molecule has 0 N–H and O–H groups in total. The highest BCUT2D eigenvalue weighted by atomic mass is 16.6. The van der Waals surface area contributed by atoms with E-state index in [1.807, 2.05) is 20.8 Å².